The van der Waals surface area contributed by atoms with Gasteiger partial charge in [0.05, 0.1) is 85.6 Å². The molecule has 0 bridgehead atoms. The number of likely N-dealkylation sites (tertiary alicyclic amines) is 2. The summed E-state index contributed by atoms with van der Waals surface area (Å²) in [6, 6.07) is 13.8. The highest BCUT2D eigenvalue weighted by Gasteiger charge is 2.29. The van der Waals surface area contributed by atoms with Crippen molar-refractivity contribution in [2.24, 2.45) is 0 Å². The van der Waals surface area contributed by atoms with Crippen LogP contribution in [0.15, 0.2) is 98.1 Å². The number of rotatable bonds is 27. The molecule has 10 rings (SSSR count). The second kappa shape index (κ2) is 29.7. The fourth-order valence-electron chi connectivity index (χ4n) is 9.93. The van der Waals surface area contributed by atoms with Crippen molar-refractivity contribution in [2.45, 2.75) is 57.3 Å². The monoisotopic (exact) mass is 1280 g/mol. The lowest BCUT2D eigenvalue weighted by atomic mass is 10.2. The second-order valence-corrected chi connectivity index (χ2v) is 22.7. The van der Waals surface area contributed by atoms with Crippen molar-refractivity contribution < 1.29 is 83.8 Å². The molecule has 34 heteroatoms. The maximum Gasteiger partial charge on any atom is 0.469 e. The topological polar surface area (TPSA) is 346 Å². The van der Waals surface area contributed by atoms with Crippen LogP contribution in [-0.2, 0) is 40.9 Å². The number of ether oxygens (including phenoxy) is 4. The summed E-state index contributed by atoms with van der Waals surface area (Å²) in [5.74, 6) is -2.83. The number of phosphoric acid groups is 2. The van der Waals surface area contributed by atoms with Gasteiger partial charge in [-0.2, -0.15) is 10.2 Å². The first-order valence-corrected chi connectivity index (χ1v) is 30.6. The molecule has 2 amide bonds. The Morgan fingerprint density at radius 2 is 1.17 bits per heavy atom. The van der Waals surface area contributed by atoms with Crippen LogP contribution in [0.4, 0.5) is 51.9 Å². The predicted octanol–water partition coefficient (Wildman–Crippen LogP) is 7.29. The fraction of sp³-hybridized carbons (Fsp3) is 0.345. The van der Waals surface area contributed by atoms with E-state index in [1.807, 2.05) is 0 Å². The highest BCUT2D eigenvalue weighted by atomic mass is 31.2. The molecule has 8 aromatic rings. The summed E-state index contributed by atoms with van der Waals surface area (Å²) < 4.78 is 112. The minimum Gasteiger partial charge on any atom is -0.496 e. The van der Waals surface area contributed by atoms with Crippen LogP contribution in [0.2, 0.25) is 0 Å². The van der Waals surface area contributed by atoms with Crippen LogP contribution >= 0.6 is 15.6 Å². The molecule has 28 nitrogen and oxygen atoms in total. The van der Waals surface area contributed by atoms with Gasteiger partial charge in [-0.3, -0.25) is 37.8 Å². The Bertz CT molecular complexity index is 3880. The number of methoxy groups -OCH3 is 2. The van der Waals surface area contributed by atoms with Crippen LogP contribution in [0.25, 0.3) is 21.8 Å². The summed E-state index contributed by atoms with van der Waals surface area (Å²) in [6.45, 7) is 2.93. The molecular formula is C55H62F4N14O14P2. The van der Waals surface area contributed by atoms with Crippen molar-refractivity contribution in [3.05, 3.63) is 121 Å². The van der Waals surface area contributed by atoms with Gasteiger partial charge in [-0.1, -0.05) is 12.1 Å². The van der Waals surface area contributed by atoms with Gasteiger partial charge in [-0.15, -0.1) is 0 Å². The molecule has 89 heavy (non-hydrogen) atoms. The van der Waals surface area contributed by atoms with E-state index in [4.69, 9.17) is 47.6 Å². The number of carbonyl (C=O) groups is 2. The molecular weight excluding hydrogens is 1220 g/mol. The minimum absolute atomic E-state index is 0.0169. The number of hydrogen-bond donors (Lipinski definition) is 8. The third-order valence-corrected chi connectivity index (χ3v) is 15.0. The number of aromatic nitrogens is 8. The van der Waals surface area contributed by atoms with E-state index in [-0.39, 0.29) is 49.8 Å². The van der Waals surface area contributed by atoms with Gasteiger partial charge >= 0.3 is 15.6 Å². The van der Waals surface area contributed by atoms with Gasteiger partial charge in [0.1, 0.15) is 55.5 Å². The molecule has 2 aliphatic rings. The summed E-state index contributed by atoms with van der Waals surface area (Å²) in [6.07, 6.45) is 12.9. The van der Waals surface area contributed by atoms with Crippen LogP contribution in [0.1, 0.15) is 32.1 Å². The van der Waals surface area contributed by atoms with E-state index in [2.05, 4.69) is 61.2 Å². The van der Waals surface area contributed by atoms with Crippen molar-refractivity contribution in [3.8, 4) is 23.0 Å². The summed E-state index contributed by atoms with van der Waals surface area (Å²) in [5.41, 5.74) is 1.61. The molecule has 2 atom stereocenters. The van der Waals surface area contributed by atoms with Gasteiger partial charge in [-0.25, -0.2) is 46.6 Å². The van der Waals surface area contributed by atoms with E-state index in [0.29, 0.717) is 101 Å². The summed E-state index contributed by atoms with van der Waals surface area (Å²) >= 11 is 0. The number of phosphoric ester groups is 2. The Kier molecular flexibility index (Phi) is 21.7. The smallest absolute Gasteiger partial charge is 0.469 e. The van der Waals surface area contributed by atoms with Gasteiger partial charge in [0.15, 0.2) is 34.8 Å². The average molecular weight is 1280 g/mol. The summed E-state index contributed by atoms with van der Waals surface area (Å²) in [4.78, 5) is 82.3. The average Bonchev–Trinajstić information content (AvgIpc) is 1.75. The lowest BCUT2D eigenvalue weighted by molar-refractivity contribution is -0.117. The van der Waals surface area contributed by atoms with Gasteiger partial charge in [0.2, 0.25) is 11.8 Å². The van der Waals surface area contributed by atoms with Crippen molar-refractivity contribution in [1.82, 2.24) is 49.3 Å². The van der Waals surface area contributed by atoms with Crippen LogP contribution in [0.3, 0.4) is 0 Å². The quantitative estimate of drug-likeness (QED) is 0.0142. The van der Waals surface area contributed by atoms with Crippen molar-refractivity contribution in [2.75, 3.05) is 88.1 Å². The Morgan fingerprint density at radius 3 is 1.73 bits per heavy atom. The van der Waals surface area contributed by atoms with E-state index in [1.54, 1.807) is 36.7 Å². The molecule has 6 heterocycles. The summed E-state index contributed by atoms with van der Waals surface area (Å²) in [5, 5.41) is 20.4. The molecule has 4 aromatic carbocycles. The van der Waals surface area contributed by atoms with E-state index in [0.717, 1.165) is 50.9 Å². The van der Waals surface area contributed by atoms with Crippen molar-refractivity contribution in [3.63, 3.8) is 0 Å². The zero-order valence-corrected chi connectivity index (χ0v) is 49.5. The number of benzene rings is 4. The molecule has 0 aliphatic carbocycles. The predicted molar refractivity (Wildman–Crippen MR) is 314 cm³/mol. The first-order chi connectivity index (χ1) is 42.7. The first-order valence-electron chi connectivity index (χ1n) is 27.5. The van der Waals surface area contributed by atoms with Gasteiger partial charge in [0.25, 0.3) is 0 Å². The molecule has 4 aromatic heterocycles. The van der Waals surface area contributed by atoms with Crippen LogP contribution < -0.4 is 40.2 Å². The maximum absolute atomic E-state index is 13.9. The number of fused-ring (bicyclic) bond motifs is 2. The van der Waals surface area contributed by atoms with Gasteiger partial charge in [-0.05, 0) is 75.5 Å². The number of halogens is 4. The van der Waals surface area contributed by atoms with Crippen molar-refractivity contribution >= 4 is 83.7 Å². The molecule has 0 saturated carbocycles. The second-order valence-electron chi connectivity index (χ2n) is 20.2. The Balaban J connectivity index is 0.000000211. The van der Waals surface area contributed by atoms with Crippen LogP contribution in [-0.4, -0.2) is 160 Å². The van der Waals surface area contributed by atoms with Crippen LogP contribution in [0.5, 0.6) is 23.0 Å². The van der Waals surface area contributed by atoms with Crippen LogP contribution in [0, 0.1) is 23.3 Å². The Labute approximate surface area is 504 Å². The first kappa shape index (κ1) is 65.0. The highest BCUT2D eigenvalue weighted by Crippen LogP contribution is 2.40. The molecule has 2 saturated heterocycles. The zero-order valence-electron chi connectivity index (χ0n) is 47.7. The van der Waals surface area contributed by atoms with Gasteiger partial charge < -0.3 is 59.8 Å². The third kappa shape index (κ3) is 18.1. The molecule has 2 aliphatic heterocycles. The number of anilines is 6. The summed E-state index contributed by atoms with van der Waals surface area (Å²) in [7, 11) is -6.02. The number of nitrogens with zero attached hydrogens (tertiary/aromatic N) is 10. The van der Waals surface area contributed by atoms with E-state index in [1.165, 1.54) is 72.9 Å². The lowest BCUT2D eigenvalue weighted by Gasteiger charge is -2.24. The van der Waals surface area contributed by atoms with Crippen molar-refractivity contribution in [1.29, 1.82) is 0 Å². The maximum atomic E-state index is 13.9. The molecule has 8 N–H and O–H groups in total. The van der Waals surface area contributed by atoms with E-state index in [9.17, 15) is 36.3 Å². The fourth-order valence-corrected chi connectivity index (χ4v) is 10.7. The molecule has 0 spiro atoms. The zero-order chi connectivity index (χ0) is 63.2. The van der Waals surface area contributed by atoms with E-state index < -0.39 is 50.7 Å². The molecule has 2 fully saturated rings. The number of hydrogen-bond acceptors (Lipinski definition) is 20. The molecule has 0 radical (unpaired) electrons. The number of nitrogens with one attached hydrogen (secondary N) is 4. The normalized spacial score (nSPS) is 15.4. The molecule has 0 unspecified atom stereocenters. The number of amides is 2. The minimum atomic E-state index is -4.53. The van der Waals surface area contributed by atoms with Gasteiger partial charge in [0, 0.05) is 61.2 Å². The highest BCUT2D eigenvalue weighted by molar-refractivity contribution is 7.46. The third-order valence-electron chi connectivity index (χ3n) is 14.0. The Morgan fingerprint density at radius 1 is 0.629 bits per heavy atom. The SMILES string of the molecule is COc1cc(OCCCN2CCC[C@@H]2COP(=O)(O)O)cc2ncnc(Nc3cnn(CC(=O)Nc4cccc(F)c4F)c3)c12.COc1cc2c(Nc3cnn(CC(=O)Nc4cccc(F)c4F)c3)ncnc2cc1OCCN1CCC[C@@H]1COP(=O)(O)O. The standard InChI is InChI=1S/C28H32F2N7O7P.C27H30F2N7O7P/c1-42-24-12-20(43-10-4-9-36-8-3-5-19(36)16-44-45(39,40)41)11-23-26(24)28(32-17-31-23)34-18-13-33-37(14-18)15-25(38)35-22-7-2-6-21(29)27(22)30;1-41-23-10-19-22(11-24(23)42-9-8-35-7-3-4-18(35)15-43-44(38,39)40)30-16-31-27(19)33-17-12-32-36(13-17)14-25(37)34-21-6-2-5-20(28)26(21)29/h2,6-7,11-14,17,19H,3-5,8-10,15-16H2,1H3,(H,35,38)(H,31,32,34)(H2,39,40,41);2,5-6,10-13,16,18H,3-4,7-9,14-15H2,1H3,(H,34,37)(H,30,31,33)(H2,38,39,40)/t19-;18-/m11/s1. The number of carbonyl (C=O) groups excluding carboxylic acids is 2. The Hall–Kier alpha value is -8.42. The molecule has 474 valence electrons. The lowest BCUT2D eigenvalue weighted by Crippen LogP contribution is -2.36. The largest absolute Gasteiger partial charge is 0.496 e. The van der Waals surface area contributed by atoms with E-state index >= 15 is 0 Å².